The van der Waals surface area contributed by atoms with Crippen LogP contribution in [0.15, 0.2) is 42.5 Å². The highest BCUT2D eigenvalue weighted by Gasteiger charge is 2.23. The van der Waals surface area contributed by atoms with Gasteiger partial charge in [0.25, 0.3) is 0 Å². The minimum atomic E-state index is -0.741. The van der Waals surface area contributed by atoms with Gasteiger partial charge in [0.1, 0.15) is 11.4 Å². The molecule has 0 N–H and O–H groups in total. The predicted molar refractivity (Wildman–Crippen MR) is 116 cm³/mol. The van der Waals surface area contributed by atoms with Crippen LogP contribution in [0.3, 0.4) is 0 Å². The van der Waals surface area contributed by atoms with Crippen molar-refractivity contribution in [3.05, 3.63) is 70.8 Å². The molecule has 0 fully saturated rings. The van der Waals surface area contributed by atoms with E-state index in [1.807, 2.05) is 6.92 Å². The van der Waals surface area contributed by atoms with Gasteiger partial charge in [-0.3, -0.25) is 4.79 Å². The molecule has 0 aliphatic carbocycles. The molecule has 32 heavy (non-hydrogen) atoms. The first-order chi connectivity index (χ1) is 15.3. The van der Waals surface area contributed by atoms with Crippen LogP contribution >= 0.6 is 0 Å². The van der Waals surface area contributed by atoms with E-state index in [9.17, 15) is 14.0 Å². The second kappa shape index (κ2) is 9.55. The number of benzene rings is 2. The third-order valence-corrected chi connectivity index (χ3v) is 5.06. The fourth-order valence-electron chi connectivity index (χ4n) is 3.61. The molecule has 0 atom stereocenters. The van der Waals surface area contributed by atoms with Crippen molar-refractivity contribution in [2.24, 2.45) is 0 Å². The minimum Gasteiger partial charge on any atom is -0.493 e. The second-order valence-electron chi connectivity index (χ2n) is 6.98. The molecule has 0 saturated heterocycles. The molecule has 0 aliphatic rings. The van der Waals surface area contributed by atoms with Gasteiger partial charge >= 0.3 is 5.97 Å². The van der Waals surface area contributed by atoms with Crippen LogP contribution in [0.5, 0.6) is 17.2 Å². The number of ketones is 1. The fraction of sp³-hybridized carbons (Fsp3) is 0.250. The summed E-state index contributed by atoms with van der Waals surface area (Å²) in [5, 5.41) is 0. The van der Waals surface area contributed by atoms with Crippen LogP contribution in [0.4, 0.5) is 4.39 Å². The average Bonchev–Trinajstić information content (AvgIpc) is 3.09. The molecule has 0 radical (unpaired) electrons. The van der Waals surface area contributed by atoms with E-state index >= 15 is 0 Å². The van der Waals surface area contributed by atoms with Crippen LogP contribution in [0.25, 0.3) is 5.69 Å². The summed E-state index contributed by atoms with van der Waals surface area (Å²) in [6, 6.07) is 10.8. The monoisotopic (exact) mass is 441 g/mol. The zero-order valence-electron chi connectivity index (χ0n) is 18.5. The maximum Gasteiger partial charge on any atom is 0.342 e. The number of carbonyl (C=O) groups excluding carboxylic acids is 2. The van der Waals surface area contributed by atoms with Gasteiger partial charge in [-0.1, -0.05) is 6.07 Å². The van der Waals surface area contributed by atoms with Crippen molar-refractivity contribution < 1.29 is 32.9 Å². The number of methoxy groups -OCH3 is 3. The van der Waals surface area contributed by atoms with E-state index in [2.05, 4.69) is 0 Å². The van der Waals surface area contributed by atoms with Crippen molar-refractivity contribution in [1.29, 1.82) is 0 Å². The number of nitrogens with zero attached hydrogens (tertiary/aromatic N) is 1. The molecular formula is C24H24FNO6. The molecule has 2 aromatic carbocycles. The number of aromatic nitrogens is 1. The maximum atomic E-state index is 13.7. The molecule has 0 bridgehead atoms. The van der Waals surface area contributed by atoms with Crippen LogP contribution in [-0.2, 0) is 4.74 Å². The lowest BCUT2D eigenvalue weighted by Gasteiger charge is -2.15. The molecule has 3 rings (SSSR count). The molecular weight excluding hydrogens is 417 g/mol. The molecule has 8 heteroatoms. The Morgan fingerprint density at radius 1 is 0.906 bits per heavy atom. The van der Waals surface area contributed by atoms with Gasteiger partial charge in [-0.05, 0) is 50.2 Å². The minimum absolute atomic E-state index is 0.100. The van der Waals surface area contributed by atoms with E-state index in [-0.39, 0.29) is 28.7 Å². The predicted octanol–water partition coefficient (Wildman–Crippen LogP) is 4.30. The van der Waals surface area contributed by atoms with Crippen LogP contribution < -0.4 is 14.2 Å². The zero-order chi connectivity index (χ0) is 23.4. The fourth-order valence-corrected chi connectivity index (χ4v) is 3.61. The first-order valence-corrected chi connectivity index (χ1v) is 9.76. The van der Waals surface area contributed by atoms with Crippen molar-refractivity contribution in [2.75, 3.05) is 27.9 Å². The lowest BCUT2D eigenvalue weighted by molar-refractivity contribution is 0.0470. The van der Waals surface area contributed by atoms with E-state index in [0.717, 1.165) is 5.69 Å². The van der Waals surface area contributed by atoms with Gasteiger partial charge in [0, 0.05) is 22.6 Å². The Kier molecular flexibility index (Phi) is 6.82. The molecule has 7 nitrogen and oxygen atoms in total. The third-order valence-electron chi connectivity index (χ3n) is 5.06. The number of esters is 1. The molecule has 1 heterocycles. The standard InChI is InChI=1S/C24H24FNO6/c1-14-11-19(15(2)26(14)17-8-6-7-16(25)12-17)20(27)13-32-24(28)18-9-10-21(29-3)23(31-5)22(18)30-4/h6-12H,13H2,1-5H3. The highest BCUT2D eigenvalue weighted by atomic mass is 19.1. The number of aryl methyl sites for hydroxylation is 1. The van der Waals surface area contributed by atoms with Crippen LogP contribution in [0, 0.1) is 19.7 Å². The summed E-state index contributed by atoms with van der Waals surface area (Å²) in [5.41, 5.74) is 2.47. The summed E-state index contributed by atoms with van der Waals surface area (Å²) in [7, 11) is 4.28. The summed E-state index contributed by atoms with van der Waals surface area (Å²) in [6.07, 6.45) is 0. The van der Waals surface area contributed by atoms with E-state index in [1.165, 1.54) is 39.5 Å². The average molecular weight is 441 g/mol. The highest BCUT2D eigenvalue weighted by Crippen LogP contribution is 2.40. The number of halogens is 1. The number of rotatable bonds is 8. The zero-order valence-corrected chi connectivity index (χ0v) is 18.5. The molecule has 168 valence electrons. The van der Waals surface area contributed by atoms with Gasteiger partial charge in [0.2, 0.25) is 11.5 Å². The second-order valence-corrected chi connectivity index (χ2v) is 6.98. The van der Waals surface area contributed by atoms with Crippen molar-refractivity contribution in [3.8, 4) is 22.9 Å². The van der Waals surface area contributed by atoms with Crippen LogP contribution in [0.1, 0.15) is 32.1 Å². The molecule has 0 aliphatic heterocycles. The quantitative estimate of drug-likeness (QED) is 0.383. The Hall–Kier alpha value is -3.81. The lowest BCUT2D eigenvalue weighted by Crippen LogP contribution is -2.16. The Balaban J connectivity index is 1.81. The van der Waals surface area contributed by atoms with Crippen molar-refractivity contribution in [1.82, 2.24) is 4.57 Å². The summed E-state index contributed by atoms with van der Waals surface area (Å²) < 4.78 is 36.4. The SMILES string of the molecule is COc1ccc(C(=O)OCC(=O)c2cc(C)n(-c3cccc(F)c3)c2C)c(OC)c1OC. The van der Waals surface area contributed by atoms with Crippen molar-refractivity contribution in [3.63, 3.8) is 0 Å². The molecule has 3 aromatic rings. The Morgan fingerprint density at radius 2 is 1.62 bits per heavy atom. The lowest BCUT2D eigenvalue weighted by atomic mass is 10.1. The number of hydrogen-bond donors (Lipinski definition) is 0. The van der Waals surface area contributed by atoms with Gasteiger partial charge < -0.3 is 23.5 Å². The Labute approximate surface area is 185 Å². The van der Waals surface area contributed by atoms with E-state index in [4.69, 9.17) is 18.9 Å². The summed E-state index contributed by atoms with van der Waals surface area (Å²) in [4.78, 5) is 25.4. The highest BCUT2D eigenvalue weighted by molar-refractivity contribution is 6.01. The maximum absolute atomic E-state index is 13.7. The Bertz CT molecular complexity index is 1170. The van der Waals surface area contributed by atoms with Gasteiger partial charge in [-0.25, -0.2) is 9.18 Å². The van der Waals surface area contributed by atoms with Gasteiger partial charge in [0.15, 0.2) is 18.1 Å². The van der Waals surface area contributed by atoms with Crippen molar-refractivity contribution >= 4 is 11.8 Å². The number of hydrogen-bond acceptors (Lipinski definition) is 6. The normalized spacial score (nSPS) is 10.6. The summed E-state index contributed by atoms with van der Waals surface area (Å²) >= 11 is 0. The number of Topliss-reactive ketones (excluding diaryl/α,β-unsaturated/α-hetero) is 1. The van der Waals surface area contributed by atoms with Gasteiger partial charge in [-0.2, -0.15) is 0 Å². The molecule has 1 aromatic heterocycles. The molecule has 0 unspecified atom stereocenters. The third kappa shape index (κ3) is 4.30. The Morgan fingerprint density at radius 3 is 2.25 bits per heavy atom. The van der Waals surface area contributed by atoms with E-state index < -0.39 is 12.6 Å². The van der Waals surface area contributed by atoms with Gasteiger partial charge in [0.05, 0.1) is 21.3 Å². The largest absolute Gasteiger partial charge is 0.493 e. The smallest absolute Gasteiger partial charge is 0.342 e. The molecule has 0 saturated carbocycles. The van der Waals surface area contributed by atoms with Crippen LogP contribution in [0.2, 0.25) is 0 Å². The first kappa shape index (κ1) is 22.9. The molecule has 0 spiro atoms. The summed E-state index contributed by atoms with van der Waals surface area (Å²) in [6.45, 7) is 3.10. The van der Waals surface area contributed by atoms with Crippen LogP contribution in [-0.4, -0.2) is 44.3 Å². The summed E-state index contributed by atoms with van der Waals surface area (Å²) in [5.74, 6) is -0.714. The van der Waals surface area contributed by atoms with Crippen molar-refractivity contribution in [2.45, 2.75) is 13.8 Å². The molecule has 0 amide bonds. The van der Waals surface area contributed by atoms with E-state index in [0.29, 0.717) is 22.7 Å². The topological polar surface area (TPSA) is 76.0 Å². The van der Waals surface area contributed by atoms with E-state index in [1.54, 1.807) is 35.8 Å². The number of ether oxygens (including phenoxy) is 4. The number of carbonyl (C=O) groups is 2. The van der Waals surface area contributed by atoms with Gasteiger partial charge in [-0.15, -0.1) is 0 Å². The first-order valence-electron chi connectivity index (χ1n) is 9.76.